The monoisotopic (exact) mass is 438 g/mol. The van der Waals surface area contributed by atoms with E-state index < -0.39 is 0 Å². The molecular formula is C22H26N6O2S. The molecule has 31 heavy (non-hydrogen) atoms. The lowest BCUT2D eigenvalue weighted by molar-refractivity contribution is -0.125. The van der Waals surface area contributed by atoms with Gasteiger partial charge in [0, 0.05) is 37.9 Å². The molecular weight excluding hydrogens is 412 g/mol. The van der Waals surface area contributed by atoms with E-state index in [9.17, 15) is 9.59 Å². The van der Waals surface area contributed by atoms with Crippen LogP contribution < -0.4 is 15.8 Å². The van der Waals surface area contributed by atoms with Crippen molar-refractivity contribution in [2.75, 3.05) is 24.5 Å². The molecule has 162 valence electrons. The maximum absolute atomic E-state index is 12.7. The van der Waals surface area contributed by atoms with Crippen molar-refractivity contribution in [3.05, 3.63) is 58.1 Å². The van der Waals surface area contributed by atoms with Gasteiger partial charge in [0.05, 0.1) is 17.1 Å². The summed E-state index contributed by atoms with van der Waals surface area (Å²) in [4.78, 5) is 32.2. The van der Waals surface area contributed by atoms with E-state index in [0.29, 0.717) is 19.6 Å². The summed E-state index contributed by atoms with van der Waals surface area (Å²) in [5.41, 5.74) is 1.55. The number of carbonyl (C=O) groups is 1. The predicted molar refractivity (Wildman–Crippen MR) is 121 cm³/mol. The number of hydrogen-bond donors (Lipinski definition) is 1. The summed E-state index contributed by atoms with van der Waals surface area (Å²) in [5, 5.41) is 13.7. The Hall–Kier alpha value is -3.07. The molecule has 3 aromatic rings. The highest BCUT2D eigenvalue weighted by Gasteiger charge is 2.26. The van der Waals surface area contributed by atoms with Crippen molar-refractivity contribution in [1.29, 1.82) is 0 Å². The van der Waals surface area contributed by atoms with Crippen molar-refractivity contribution in [1.82, 2.24) is 25.1 Å². The third-order valence-corrected chi connectivity index (χ3v) is 6.38. The van der Waals surface area contributed by atoms with Crippen LogP contribution in [0.2, 0.25) is 0 Å². The highest BCUT2D eigenvalue weighted by atomic mass is 32.1. The van der Waals surface area contributed by atoms with Crippen LogP contribution in [-0.4, -0.2) is 45.3 Å². The standard InChI is InChI=1S/C22H26N6O2S/c1-2-17-13-21(29)28(15-24-17)11-9-23-22(30)16-5-3-10-27(14-16)20-8-7-18(25-26-20)19-6-4-12-31-19/h4,6-8,12-13,15-16H,2-3,5,9-11,14H2,1H3,(H,23,30). The zero-order valence-electron chi connectivity index (χ0n) is 17.5. The second-order valence-electron chi connectivity index (χ2n) is 7.60. The molecule has 1 aliphatic heterocycles. The molecule has 1 atom stereocenters. The highest BCUT2D eigenvalue weighted by Crippen LogP contribution is 2.25. The molecule has 1 amide bonds. The summed E-state index contributed by atoms with van der Waals surface area (Å²) in [5.74, 6) is 0.704. The average molecular weight is 439 g/mol. The van der Waals surface area contributed by atoms with Crippen LogP contribution in [0.5, 0.6) is 0 Å². The van der Waals surface area contributed by atoms with Crippen molar-refractivity contribution < 1.29 is 4.79 Å². The third-order valence-electron chi connectivity index (χ3n) is 5.49. The van der Waals surface area contributed by atoms with Crippen molar-refractivity contribution >= 4 is 23.1 Å². The molecule has 1 aliphatic rings. The summed E-state index contributed by atoms with van der Waals surface area (Å²) >= 11 is 1.64. The van der Waals surface area contributed by atoms with E-state index in [2.05, 4.69) is 25.4 Å². The van der Waals surface area contributed by atoms with Gasteiger partial charge >= 0.3 is 0 Å². The number of rotatable bonds is 7. The number of aryl methyl sites for hydroxylation is 1. The lowest BCUT2D eigenvalue weighted by Gasteiger charge is -2.32. The van der Waals surface area contributed by atoms with Crippen LogP contribution in [0.1, 0.15) is 25.5 Å². The molecule has 1 N–H and O–H groups in total. The van der Waals surface area contributed by atoms with E-state index in [1.54, 1.807) is 23.7 Å². The first kappa shape index (κ1) is 21.2. The second kappa shape index (κ2) is 9.82. The van der Waals surface area contributed by atoms with E-state index in [-0.39, 0.29) is 17.4 Å². The van der Waals surface area contributed by atoms with Crippen LogP contribution in [0.3, 0.4) is 0 Å². The fraction of sp³-hybridized carbons (Fsp3) is 0.409. The minimum atomic E-state index is -0.107. The number of carbonyl (C=O) groups excluding carboxylic acids is 1. The topological polar surface area (TPSA) is 93.0 Å². The summed E-state index contributed by atoms with van der Waals surface area (Å²) in [7, 11) is 0. The average Bonchev–Trinajstić information content (AvgIpc) is 3.35. The first-order chi connectivity index (χ1) is 15.1. The van der Waals surface area contributed by atoms with Crippen molar-refractivity contribution in [2.24, 2.45) is 5.92 Å². The van der Waals surface area contributed by atoms with Gasteiger partial charge < -0.3 is 10.2 Å². The molecule has 9 heteroatoms. The third kappa shape index (κ3) is 5.16. The number of hydrogen-bond acceptors (Lipinski definition) is 7. The number of amides is 1. The highest BCUT2D eigenvalue weighted by molar-refractivity contribution is 7.13. The van der Waals surface area contributed by atoms with Crippen LogP contribution in [0.4, 0.5) is 5.82 Å². The Morgan fingerprint density at radius 3 is 2.90 bits per heavy atom. The van der Waals surface area contributed by atoms with E-state index >= 15 is 0 Å². The maximum atomic E-state index is 12.7. The van der Waals surface area contributed by atoms with Crippen LogP contribution in [0, 0.1) is 5.92 Å². The quantitative estimate of drug-likeness (QED) is 0.609. The van der Waals surface area contributed by atoms with Crippen molar-refractivity contribution in [3.63, 3.8) is 0 Å². The van der Waals surface area contributed by atoms with Gasteiger partial charge in [-0.15, -0.1) is 21.5 Å². The molecule has 1 fully saturated rings. The zero-order chi connectivity index (χ0) is 21.6. The number of thiophene rings is 1. The Kier molecular flexibility index (Phi) is 6.71. The van der Waals surface area contributed by atoms with Crippen LogP contribution in [0.15, 0.2) is 46.8 Å². The Balaban J connectivity index is 1.31. The molecule has 0 aromatic carbocycles. The molecule has 0 saturated carbocycles. The van der Waals surface area contributed by atoms with Gasteiger partial charge in [0.2, 0.25) is 5.91 Å². The van der Waals surface area contributed by atoms with Crippen LogP contribution in [-0.2, 0) is 17.8 Å². The minimum Gasteiger partial charge on any atom is -0.354 e. The molecule has 8 nitrogen and oxygen atoms in total. The Labute approximate surface area is 185 Å². The van der Waals surface area contributed by atoms with Gasteiger partial charge in [0.15, 0.2) is 5.82 Å². The lowest BCUT2D eigenvalue weighted by Crippen LogP contribution is -2.44. The zero-order valence-corrected chi connectivity index (χ0v) is 18.3. The van der Waals surface area contributed by atoms with Gasteiger partial charge in [-0.1, -0.05) is 13.0 Å². The molecule has 1 unspecified atom stereocenters. The SMILES string of the molecule is CCc1cc(=O)n(CCNC(=O)C2CCCN(c3ccc(-c4cccs4)nn3)C2)cn1. The number of aromatic nitrogens is 4. The van der Waals surface area contributed by atoms with Gasteiger partial charge in [-0.25, -0.2) is 4.98 Å². The molecule has 0 bridgehead atoms. The summed E-state index contributed by atoms with van der Waals surface area (Å²) < 4.78 is 1.53. The molecule has 4 heterocycles. The van der Waals surface area contributed by atoms with Gasteiger partial charge in [-0.3, -0.25) is 14.2 Å². The summed E-state index contributed by atoms with van der Waals surface area (Å²) in [6.07, 6.45) is 4.05. The molecule has 0 spiro atoms. The molecule has 1 saturated heterocycles. The van der Waals surface area contributed by atoms with E-state index in [1.807, 2.05) is 36.6 Å². The molecule has 4 rings (SSSR count). The van der Waals surface area contributed by atoms with Crippen LogP contribution >= 0.6 is 11.3 Å². The van der Waals surface area contributed by atoms with Gasteiger partial charge in [0.1, 0.15) is 5.69 Å². The molecule has 3 aromatic heterocycles. The van der Waals surface area contributed by atoms with E-state index in [4.69, 9.17) is 0 Å². The smallest absolute Gasteiger partial charge is 0.253 e. The first-order valence-corrected chi connectivity index (χ1v) is 11.5. The Bertz CT molecular complexity index is 1060. The maximum Gasteiger partial charge on any atom is 0.253 e. The van der Waals surface area contributed by atoms with E-state index in [1.165, 1.54) is 4.57 Å². The normalized spacial score (nSPS) is 16.3. The fourth-order valence-electron chi connectivity index (χ4n) is 3.72. The first-order valence-electron chi connectivity index (χ1n) is 10.6. The van der Waals surface area contributed by atoms with Gasteiger partial charge in [0.25, 0.3) is 5.56 Å². The minimum absolute atomic E-state index is 0.0130. The Morgan fingerprint density at radius 1 is 1.29 bits per heavy atom. The number of nitrogens with one attached hydrogen (secondary N) is 1. The predicted octanol–water partition coefficient (Wildman–Crippen LogP) is 2.36. The summed E-state index contributed by atoms with van der Waals surface area (Å²) in [6.45, 7) is 4.25. The summed E-state index contributed by atoms with van der Waals surface area (Å²) in [6, 6.07) is 9.52. The van der Waals surface area contributed by atoms with Gasteiger partial charge in [-0.05, 0) is 42.8 Å². The van der Waals surface area contributed by atoms with Crippen LogP contribution in [0.25, 0.3) is 10.6 Å². The van der Waals surface area contributed by atoms with Crippen molar-refractivity contribution in [3.8, 4) is 10.6 Å². The molecule has 0 radical (unpaired) electrons. The number of anilines is 1. The number of nitrogens with zero attached hydrogens (tertiary/aromatic N) is 5. The van der Waals surface area contributed by atoms with Gasteiger partial charge in [-0.2, -0.15) is 0 Å². The number of piperidine rings is 1. The largest absolute Gasteiger partial charge is 0.354 e. The lowest BCUT2D eigenvalue weighted by atomic mass is 9.97. The Morgan fingerprint density at radius 2 is 2.19 bits per heavy atom. The van der Waals surface area contributed by atoms with Crippen molar-refractivity contribution in [2.45, 2.75) is 32.7 Å². The molecule has 0 aliphatic carbocycles. The van der Waals surface area contributed by atoms with E-state index in [0.717, 1.165) is 47.9 Å². The second-order valence-corrected chi connectivity index (χ2v) is 8.54. The fourth-order valence-corrected chi connectivity index (χ4v) is 4.41.